The second kappa shape index (κ2) is 6.36. The second-order valence-corrected chi connectivity index (χ2v) is 7.73. The Bertz CT molecular complexity index is 1170. The van der Waals surface area contributed by atoms with E-state index < -0.39 is 9.84 Å². The Morgan fingerprint density at radius 3 is 2.38 bits per heavy atom. The Morgan fingerprint density at radius 2 is 1.69 bits per heavy atom. The van der Waals surface area contributed by atoms with E-state index in [1.54, 1.807) is 30.3 Å². The molecule has 0 atom stereocenters. The van der Waals surface area contributed by atoms with Crippen LogP contribution in [0.3, 0.4) is 0 Å². The van der Waals surface area contributed by atoms with Gasteiger partial charge in [0, 0.05) is 18.3 Å². The zero-order valence-electron chi connectivity index (χ0n) is 13.8. The van der Waals surface area contributed by atoms with Crippen LogP contribution in [0.25, 0.3) is 22.3 Å². The van der Waals surface area contributed by atoms with Crippen molar-refractivity contribution in [3.05, 3.63) is 72.7 Å². The van der Waals surface area contributed by atoms with E-state index in [2.05, 4.69) is 15.0 Å². The molecule has 6 nitrogen and oxygen atoms in total. The smallest absolute Gasteiger partial charge is 0.210 e. The normalized spacial score (nSPS) is 11.7. The third-order valence-corrected chi connectivity index (χ3v) is 6.02. The Labute approximate surface area is 150 Å². The van der Waals surface area contributed by atoms with Gasteiger partial charge in [-0.2, -0.15) is 0 Å². The Kier molecular flexibility index (Phi) is 4.02. The van der Waals surface area contributed by atoms with Crippen LogP contribution in [0.1, 0.15) is 5.56 Å². The molecule has 0 bridgehead atoms. The predicted molar refractivity (Wildman–Crippen MR) is 99.1 cm³/mol. The highest BCUT2D eigenvalue weighted by Crippen LogP contribution is 2.31. The molecule has 0 saturated heterocycles. The lowest BCUT2D eigenvalue weighted by Gasteiger charge is -2.05. The first-order chi connectivity index (χ1) is 12.6. The SMILES string of the molecule is NCc1ccc(-c2ncnc3c(S(=O)(=O)c4ccccc4)c[nH]c23)cc1. The van der Waals surface area contributed by atoms with Crippen LogP contribution < -0.4 is 5.73 Å². The number of hydrogen-bond donors (Lipinski definition) is 2. The van der Waals surface area contributed by atoms with Crippen LogP contribution in [-0.2, 0) is 16.4 Å². The van der Waals surface area contributed by atoms with Crippen LogP contribution in [0, 0.1) is 0 Å². The molecule has 0 aliphatic heterocycles. The minimum atomic E-state index is -3.67. The van der Waals surface area contributed by atoms with Crippen molar-refractivity contribution < 1.29 is 8.42 Å². The molecule has 0 fully saturated rings. The summed E-state index contributed by atoms with van der Waals surface area (Å²) in [6.45, 7) is 0.460. The van der Waals surface area contributed by atoms with Crippen molar-refractivity contribution in [1.29, 1.82) is 0 Å². The quantitative estimate of drug-likeness (QED) is 0.580. The number of nitrogens with zero attached hydrogens (tertiary/aromatic N) is 2. The second-order valence-electron chi connectivity index (χ2n) is 5.82. The van der Waals surface area contributed by atoms with Gasteiger partial charge in [0.1, 0.15) is 16.7 Å². The monoisotopic (exact) mass is 364 g/mol. The number of aromatic nitrogens is 3. The van der Waals surface area contributed by atoms with Gasteiger partial charge in [-0.15, -0.1) is 0 Å². The van der Waals surface area contributed by atoms with Crippen molar-refractivity contribution in [3.8, 4) is 11.3 Å². The van der Waals surface area contributed by atoms with Crippen LogP contribution >= 0.6 is 0 Å². The van der Waals surface area contributed by atoms with Gasteiger partial charge in [0.15, 0.2) is 0 Å². The number of nitrogens with two attached hydrogens (primary N) is 1. The number of fused-ring (bicyclic) bond motifs is 1. The topological polar surface area (TPSA) is 102 Å². The summed E-state index contributed by atoms with van der Waals surface area (Å²) in [5.41, 5.74) is 9.12. The van der Waals surface area contributed by atoms with Crippen molar-refractivity contribution in [1.82, 2.24) is 15.0 Å². The lowest BCUT2D eigenvalue weighted by Crippen LogP contribution is -2.01. The van der Waals surface area contributed by atoms with Gasteiger partial charge in [0.2, 0.25) is 9.84 Å². The summed E-state index contributed by atoms with van der Waals surface area (Å²) in [5.74, 6) is 0. The van der Waals surface area contributed by atoms with E-state index >= 15 is 0 Å². The fourth-order valence-electron chi connectivity index (χ4n) is 2.86. The van der Waals surface area contributed by atoms with Gasteiger partial charge >= 0.3 is 0 Å². The van der Waals surface area contributed by atoms with Gasteiger partial charge in [0.25, 0.3) is 0 Å². The number of H-pyrrole nitrogens is 1. The maximum atomic E-state index is 12.9. The van der Waals surface area contributed by atoms with Crippen LogP contribution in [0.4, 0.5) is 0 Å². The van der Waals surface area contributed by atoms with Crippen molar-refractivity contribution >= 4 is 20.9 Å². The maximum absolute atomic E-state index is 12.9. The number of aromatic amines is 1. The van der Waals surface area contributed by atoms with Crippen molar-refractivity contribution in [3.63, 3.8) is 0 Å². The van der Waals surface area contributed by atoms with Gasteiger partial charge in [-0.05, 0) is 17.7 Å². The highest BCUT2D eigenvalue weighted by Gasteiger charge is 2.23. The summed E-state index contributed by atoms with van der Waals surface area (Å²) in [6, 6.07) is 16.0. The van der Waals surface area contributed by atoms with Crippen molar-refractivity contribution in [2.45, 2.75) is 16.3 Å². The summed E-state index contributed by atoms with van der Waals surface area (Å²) in [7, 11) is -3.67. The van der Waals surface area contributed by atoms with E-state index in [0.717, 1.165) is 11.1 Å². The third kappa shape index (κ3) is 2.67. The van der Waals surface area contributed by atoms with Crippen LogP contribution in [0.5, 0.6) is 0 Å². The van der Waals surface area contributed by atoms with E-state index in [1.807, 2.05) is 24.3 Å². The molecular formula is C19H16N4O2S. The molecule has 4 rings (SSSR count). The number of nitrogens with one attached hydrogen (secondary N) is 1. The Hall–Kier alpha value is -3.03. The molecular weight excluding hydrogens is 348 g/mol. The first-order valence-electron chi connectivity index (χ1n) is 8.03. The molecule has 0 spiro atoms. The van der Waals surface area contributed by atoms with E-state index in [0.29, 0.717) is 23.3 Å². The number of hydrogen-bond acceptors (Lipinski definition) is 5. The summed E-state index contributed by atoms with van der Waals surface area (Å²) >= 11 is 0. The minimum absolute atomic E-state index is 0.140. The minimum Gasteiger partial charge on any atom is -0.357 e. The van der Waals surface area contributed by atoms with Gasteiger partial charge in [0.05, 0.1) is 16.1 Å². The first-order valence-corrected chi connectivity index (χ1v) is 9.51. The summed E-state index contributed by atoms with van der Waals surface area (Å²) in [4.78, 5) is 11.9. The van der Waals surface area contributed by atoms with E-state index in [-0.39, 0.29) is 9.79 Å². The van der Waals surface area contributed by atoms with E-state index in [4.69, 9.17) is 5.73 Å². The van der Waals surface area contributed by atoms with E-state index in [1.165, 1.54) is 12.5 Å². The lowest BCUT2D eigenvalue weighted by atomic mass is 10.1. The summed E-state index contributed by atoms with van der Waals surface area (Å²) in [5, 5.41) is 0. The molecule has 2 heterocycles. The highest BCUT2D eigenvalue weighted by atomic mass is 32.2. The van der Waals surface area contributed by atoms with Crippen LogP contribution in [0.2, 0.25) is 0 Å². The standard InChI is InChI=1S/C19H16N4O2S/c20-10-13-6-8-14(9-7-13)17-19-18(23-12-22-17)16(11-21-19)26(24,25)15-4-2-1-3-5-15/h1-9,11-12,21H,10,20H2. The summed E-state index contributed by atoms with van der Waals surface area (Å²) in [6.07, 6.45) is 2.85. The lowest BCUT2D eigenvalue weighted by molar-refractivity contribution is 0.597. The van der Waals surface area contributed by atoms with Gasteiger partial charge in [-0.3, -0.25) is 0 Å². The zero-order valence-corrected chi connectivity index (χ0v) is 14.6. The Morgan fingerprint density at radius 1 is 0.962 bits per heavy atom. The van der Waals surface area contributed by atoms with Crippen LogP contribution in [-0.4, -0.2) is 23.4 Å². The fraction of sp³-hybridized carbons (Fsp3) is 0.0526. The molecule has 130 valence electrons. The molecule has 0 unspecified atom stereocenters. The summed E-state index contributed by atoms with van der Waals surface area (Å²) < 4.78 is 25.9. The molecule has 0 aliphatic rings. The molecule has 4 aromatic rings. The predicted octanol–water partition coefficient (Wildman–Crippen LogP) is 2.92. The van der Waals surface area contributed by atoms with Crippen molar-refractivity contribution in [2.75, 3.05) is 0 Å². The zero-order chi connectivity index (χ0) is 18.1. The molecule has 2 aromatic heterocycles. The van der Waals surface area contributed by atoms with Gasteiger partial charge in [-0.25, -0.2) is 18.4 Å². The van der Waals surface area contributed by atoms with Gasteiger partial charge in [-0.1, -0.05) is 42.5 Å². The molecule has 3 N–H and O–H groups in total. The first kappa shape index (κ1) is 16.4. The average molecular weight is 364 g/mol. The molecule has 0 amide bonds. The molecule has 0 saturated carbocycles. The fourth-order valence-corrected chi connectivity index (χ4v) is 4.26. The molecule has 0 aliphatic carbocycles. The molecule has 2 aromatic carbocycles. The molecule has 7 heteroatoms. The average Bonchev–Trinajstić information content (AvgIpc) is 3.14. The highest BCUT2D eigenvalue weighted by molar-refractivity contribution is 7.91. The Balaban J connectivity index is 1.88. The number of sulfone groups is 1. The number of rotatable bonds is 4. The van der Waals surface area contributed by atoms with Crippen molar-refractivity contribution in [2.24, 2.45) is 5.73 Å². The van der Waals surface area contributed by atoms with Crippen LogP contribution in [0.15, 0.2) is 76.9 Å². The maximum Gasteiger partial charge on any atom is 0.210 e. The molecule has 0 radical (unpaired) electrons. The number of benzene rings is 2. The van der Waals surface area contributed by atoms with Gasteiger partial charge < -0.3 is 10.7 Å². The third-order valence-electron chi connectivity index (χ3n) is 4.23. The largest absolute Gasteiger partial charge is 0.357 e. The van der Waals surface area contributed by atoms with E-state index in [9.17, 15) is 8.42 Å². The molecule has 26 heavy (non-hydrogen) atoms.